The maximum Gasteiger partial charge on any atom is 0.341 e. The molecule has 0 amide bonds. The van der Waals surface area contributed by atoms with Crippen LogP contribution in [0.2, 0.25) is 0 Å². The highest BCUT2D eigenvalue weighted by atomic mass is 19.1. The van der Waals surface area contributed by atoms with Gasteiger partial charge in [0.05, 0.1) is 5.56 Å². The molecule has 3 heteroatoms. The van der Waals surface area contributed by atoms with Crippen LogP contribution >= 0.6 is 0 Å². The molecule has 0 bridgehead atoms. The summed E-state index contributed by atoms with van der Waals surface area (Å²) in [6, 6.07) is 5.98. The van der Waals surface area contributed by atoms with E-state index < -0.39 is 11.8 Å². The number of carbonyl (C=O) groups excluding carboxylic acids is 1. The largest absolute Gasteiger partial charge is 0.459 e. The maximum absolute atomic E-state index is 13.4. The first-order valence-corrected chi connectivity index (χ1v) is 6.73. The van der Waals surface area contributed by atoms with Crippen LogP contribution in [0, 0.1) is 5.82 Å². The van der Waals surface area contributed by atoms with Crippen LogP contribution in [-0.2, 0) is 4.74 Å². The molecule has 0 heterocycles. The van der Waals surface area contributed by atoms with Crippen molar-refractivity contribution in [2.24, 2.45) is 0 Å². The molecule has 1 aromatic carbocycles. The topological polar surface area (TPSA) is 26.3 Å². The fourth-order valence-electron chi connectivity index (χ4n) is 2.38. The molecule has 18 heavy (non-hydrogen) atoms. The number of benzene rings is 1. The van der Waals surface area contributed by atoms with E-state index in [1.165, 1.54) is 31.4 Å². The molecule has 0 N–H and O–H groups in total. The third-order valence-corrected chi connectivity index (χ3v) is 3.42. The van der Waals surface area contributed by atoms with Crippen molar-refractivity contribution in [1.82, 2.24) is 0 Å². The summed E-state index contributed by atoms with van der Waals surface area (Å²) in [6.07, 6.45) is 7.62. The van der Waals surface area contributed by atoms with Crippen LogP contribution in [0.3, 0.4) is 0 Å². The molecule has 0 aliphatic heterocycles. The average molecular weight is 250 g/mol. The van der Waals surface area contributed by atoms with Crippen molar-refractivity contribution in [2.45, 2.75) is 51.0 Å². The number of ether oxygens (including phenoxy) is 1. The first kappa shape index (κ1) is 13.1. The van der Waals surface area contributed by atoms with Gasteiger partial charge >= 0.3 is 5.97 Å². The van der Waals surface area contributed by atoms with Gasteiger partial charge in [0.1, 0.15) is 11.9 Å². The lowest BCUT2D eigenvalue weighted by atomic mass is 9.98. The molecular weight excluding hydrogens is 231 g/mol. The molecule has 0 spiro atoms. The van der Waals surface area contributed by atoms with Crippen molar-refractivity contribution in [1.29, 1.82) is 0 Å². The Morgan fingerprint density at radius 3 is 2.33 bits per heavy atom. The summed E-state index contributed by atoms with van der Waals surface area (Å²) in [5, 5.41) is 0. The van der Waals surface area contributed by atoms with Gasteiger partial charge in [-0.25, -0.2) is 9.18 Å². The zero-order valence-corrected chi connectivity index (χ0v) is 10.5. The standard InChI is InChI=1S/C15H19FO2/c16-14-11-7-6-10-13(14)15(17)18-12-8-4-2-1-3-5-9-12/h6-7,10-12H,1-5,8-9H2. The summed E-state index contributed by atoms with van der Waals surface area (Å²) in [5.41, 5.74) is 0.0413. The Bertz CT molecular complexity index is 395. The predicted octanol–water partition coefficient (Wildman–Crippen LogP) is 4.10. The SMILES string of the molecule is O=C(OC1CCCCCCC1)c1ccccc1F. The van der Waals surface area contributed by atoms with E-state index in [2.05, 4.69) is 0 Å². The molecule has 2 rings (SSSR count). The second kappa shape index (κ2) is 6.53. The lowest BCUT2D eigenvalue weighted by Crippen LogP contribution is -2.20. The third kappa shape index (κ3) is 3.56. The van der Waals surface area contributed by atoms with Gasteiger partial charge in [0, 0.05) is 0 Å². The number of hydrogen-bond donors (Lipinski definition) is 0. The zero-order chi connectivity index (χ0) is 12.8. The Balaban J connectivity index is 1.95. The molecule has 1 aromatic rings. The van der Waals surface area contributed by atoms with Crippen molar-refractivity contribution in [2.75, 3.05) is 0 Å². The monoisotopic (exact) mass is 250 g/mol. The highest BCUT2D eigenvalue weighted by Crippen LogP contribution is 2.21. The Labute approximate surface area is 107 Å². The lowest BCUT2D eigenvalue weighted by Gasteiger charge is -2.20. The first-order valence-electron chi connectivity index (χ1n) is 6.73. The molecule has 0 atom stereocenters. The summed E-state index contributed by atoms with van der Waals surface area (Å²) in [6.45, 7) is 0. The minimum Gasteiger partial charge on any atom is -0.459 e. The quantitative estimate of drug-likeness (QED) is 0.739. The highest BCUT2D eigenvalue weighted by molar-refractivity contribution is 5.89. The van der Waals surface area contributed by atoms with E-state index in [4.69, 9.17) is 4.74 Å². The van der Waals surface area contributed by atoms with E-state index in [1.807, 2.05) is 0 Å². The molecule has 1 fully saturated rings. The van der Waals surface area contributed by atoms with Gasteiger partial charge in [-0.3, -0.25) is 0 Å². The van der Waals surface area contributed by atoms with E-state index >= 15 is 0 Å². The van der Waals surface area contributed by atoms with Crippen LogP contribution in [0.5, 0.6) is 0 Å². The molecule has 1 saturated carbocycles. The number of carbonyl (C=O) groups is 1. The third-order valence-electron chi connectivity index (χ3n) is 3.42. The van der Waals surface area contributed by atoms with Crippen molar-refractivity contribution in [3.63, 3.8) is 0 Å². The lowest BCUT2D eigenvalue weighted by molar-refractivity contribution is 0.0234. The van der Waals surface area contributed by atoms with Crippen LogP contribution in [0.1, 0.15) is 55.3 Å². The van der Waals surface area contributed by atoms with Crippen LogP contribution in [0.15, 0.2) is 24.3 Å². The van der Waals surface area contributed by atoms with Gasteiger partial charge in [-0.2, -0.15) is 0 Å². The molecular formula is C15H19FO2. The number of esters is 1. The molecule has 0 aromatic heterocycles. The highest BCUT2D eigenvalue weighted by Gasteiger charge is 2.19. The first-order chi connectivity index (χ1) is 8.77. The second-order valence-corrected chi connectivity index (χ2v) is 4.85. The Morgan fingerprint density at radius 1 is 1.06 bits per heavy atom. The Hall–Kier alpha value is -1.38. The number of hydrogen-bond acceptors (Lipinski definition) is 2. The minimum atomic E-state index is -0.529. The van der Waals surface area contributed by atoms with Gasteiger partial charge in [0.2, 0.25) is 0 Å². The summed E-state index contributed by atoms with van der Waals surface area (Å²) < 4.78 is 18.9. The van der Waals surface area contributed by atoms with Crippen LogP contribution < -0.4 is 0 Å². The molecule has 2 nitrogen and oxygen atoms in total. The van der Waals surface area contributed by atoms with Gasteiger partial charge in [-0.15, -0.1) is 0 Å². The van der Waals surface area contributed by atoms with E-state index in [1.54, 1.807) is 12.1 Å². The molecule has 1 aliphatic carbocycles. The fraction of sp³-hybridized carbons (Fsp3) is 0.533. The van der Waals surface area contributed by atoms with Gasteiger partial charge in [-0.05, 0) is 37.8 Å². The van der Waals surface area contributed by atoms with E-state index in [-0.39, 0.29) is 11.7 Å². The molecule has 1 aliphatic rings. The van der Waals surface area contributed by atoms with E-state index in [9.17, 15) is 9.18 Å². The van der Waals surface area contributed by atoms with Crippen molar-refractivity contribution in [3.8, 4) is 0 Å². The van der Waals surface area contributed by atoms with Crippen LogP contribution in [0.4, 0.5) is 4.39 Å². The van der Waals surface area contributed by atoms with Crippen molar-refractivity contribution >= 4 is 5.97 Å². The molecule has 0 saturated heterocycles. The zero-order valence-electron chi connectivity index (χ0n) is 10.5. The maximum atomic E-state index is 13.4. The Kier molecular flexibility index (Phi) is 4.73. The predicted molar refractivity (Wildman–Crippen MR) is 67.9 cm³/mol. The summed E-state index contributed by atoms with van der Waals surface area (Å²) in [5.74, 6) is -1.04. The smallest absolute Gasteiger partial charge is 0.341 e. The fourth-order valence-corrected chi connectivity index (χ4v) is 2.38. The van der Waals surface area contributed by atoms with E-state index in [0.717, 1.165) is 25.7 Å². The van der Waals surface area contributed by atoms with Gasteiger partial charge in [0.15, 0.2) is 0 Å². The van der Waals surface area contributed by atoms with Gasteiger partial charge in [-0.1, -0.05) is 31.4 Å². The second-order valence-electron chi connectivity index (χ2n) is 4.85. The molecule has 98 valence electrons. The van der Waals surface area contributed by atoms with Crippen molar-refractivity contribution in [3.05, 3.63) is 35.6 Å². The summed E-state index contributed by atoms with van der Waals surface area (Å²) in [4.78, 5) is 11.9. The van der Waals surface area contributed by atoms with Gasteiger partial charge in [0.25, 0.3) is 0 Å². The van der Waals surface area contributed by atoms with Crippen LogP contribution in [0.25, 0.3) is 0 Å². The van der Waals surface area contributed by atoms with Crippen molar-refractivity contribution < 1.29 is 13.9 Å². The number of rotatable bonds is 2. The number of halogens is 1. The summed E-state index contributed by atoms with van der Waals surface area (Å²) in [7, 11) is 0. The summed E-state index contributed by atoms with van der Waals surface area (Å²) >= 11 is 0. The minimum absolute atomic E-state index is 0.0413. The average Bonchev–Trinajstić information content (AvgIpc) is 2.33. The molecule has 0 unspecified atom stereocenters. The van der Waals surface area contributed by atoms with Crippen LogP contribution in [-0.4, -0.2) is 12.1 Å². The van der Waals surface area contributed by atoms with E-state index in [0.29, 0.717) is 0 Å². The van der Waals surface area contributed by atoms with Gasteiger partial charge < -0.3 is 4.74 Å². The Morgan fingerprint density at radius 2 is 1.67 bits per heavy atom. The normalized spacial score (nSPS) is 17.8. The molecule has 0 radical (unpaired) electrons.